The van der Waals surface area contributed by atoms with Crippen LogP contribution in [0.1, 0.15) is 36.1 Å². The molecular formula is C16H18N2O3S. The molecule has 2 rings (SSSR count). The van der Waals surface area contributed by atoms with E-state index in [9.17, 15) is 14.9 Å². The van der Waals surface area contributed by atoms with E-state index in [1.54, 1.807) is 6.08 Å². The summed E-state index contributed by atoms with van der Waals surface area (Å²) >= 11 is 1.53. The van der Waals surface area contributed by atoms with E-state index in [2.05, 4.69) is 11.4 Å². The molecule has 0 atom stereocenters. The van der Waals surface area contributed by atoms with Crippen LogP contribution in [0, 0.1) is 18.3 Å². The summed E-state index contributed by atoms with van der Waals surface area (Å²) in [6.07, 6.45) is 6.14. The van der Waals surface area contributed by atoms with Crippen molar-refractivity contribution in [2.24, 2.45) is 0 Å². The molecule has 0 spiro atoms. The number of ether oxygens (including phenoxy) is 1. The fourth-order valence-corrected chi connectivity index (χ4v) is 3.25. The highest BCUT2D eigenvalue weighted by Crippen LogP contribution is 2.28. The summed E-state index contributed by atoms with van der Waals surface area (Å²) in [5, 5.41) is 13.8. The van der Waals surface area contributed by atoms with Crippen LogP contribution in [0.5, 0.6) is 0 Å². The van der Waals surface area contributed by atoms with Crippen LogP contribution in [-0.4, -0.2) is 24.0 Å². The quantitative estimate of drug-likeness (QED) is 0.668. The maximum absolute atomic E-state index is 11.8. The third-order valence-electron chi connectivity index (χ3n) is 3.67. The van der Waals surface area contributed by atoms with Gasteiger partial charge in [0, 0.05) is 11.0 Å². The second-order valence-electron chi connectivity index (χ2n) is 5.36. The topological polar surface area (TPSA) is 79.2 Å². The van der Waals surface area contributed by atoms with Crippen LogP contribution in [0.3, 0.4) is 0 Å². The summed E-state index contributed by atoms with van der Waals surface area (Å²) < 4.78 is 4.90. The van der Waals surface area contributed by atoms with Crippen LogP contribution < -0.4 is 5.32 Å². The van der Waals surface area contributed by atoms with Crippen molar-refractivity contribution in [1.29, 1.82) is 5.26 Å². The first-order valence-corrected chi connectivity index (χ1v) is 8.04. The average molecular weight is 318 g/mol. The molecule has 1 amide bonds. The van der Waals surface area contributed by atoms with Crippen molar-refractivity contribution in [1.82, 2.24) is 5.32 Å². The zero-order valence-corrected chi connectivity index (χ0v) is 13.2. The maximum atomic E-state index is 11.8. The van der Waals surface area contributed by atoms with Gasteiger partial charge in [-0.25, -0.2) is 4.79 Å². The summed E-state index contributed by atoms with van der Waals surface area (Å²) in [5.41, 5.74) is 0.303. The first kappa shape index (κ1) is 16.2. The fourth-order valence-electron chi connectivity index (χ4n) is 2.43. The lowest BCUT2D eigenvalue weighted by Gasteiger charge is -2.21. The number of nitriles is 1. The fraction of sp³-hybridized carbons (Fsp3) is 0.438. The number of thiophene rings is 1. The number of nitrogens with one attached hydrogen (secondary N) is 1. The normalized spacial score (nSPS) is 16.4. The van der Waals surface area contributed by atoms with Gasteiger partial charge in [0.15, 0.2) is 6.61 Å². The molecule has 1 heterocycles. The van der Waals surface area contributed by atoms with Gasteiger partial charge in [0.05, 0.1) is 6.07 Å². The SMILES string of the molecule is Cc1ccsc1/C=C/C(=O)OCC(=O)NC1(C#N)CCCC1. The summed E-state index contributed by atoms with van der Waals surface area (Å²) in [7, 11) is 0. The Kier molecular flexibility index (Phi) is 5.34. The zero-order chi connectivity index (χ0) is 16.0. The van der Waals surface area contributed by atoms with E-state index >= 15 is 0 Å². The first-order chi connectivity index (χ1) is 10.5. The largest absolute Gasteiger partial charge is 0.452 e. The van der Waals surface area contributed by atoms with Gasteiger partial charge in [-0.2, -0.15) is 5.26 Å². The molecule has 1 fully saturated rings. The Labute approximate surface area is 133 Å². The van der Waals surface area contributed by atoms with Crippen molar-refractivity contribution in [2.75, 3.05) is 6.61 Å². The average Bonchev–Trinajstić information content (AvgIpc) is 3.13. The molecule has 0 aliphatic heterocycles. The summed E-state index contributed by atoms with van der Waals surface area (Å²) in [4.78, 5) is 24.4. The number of nitrogens with zero attached hydrogens (tertiary/aromatic N) is 1. The first-order valence-electron chi connectivity index (χ1n) is 7.16. The van der Waals surface area contributed by atoms with Gasteiger partial charge in [-0.3, -0.25) is 4.79 Å². The molecule has 0 unspecified atom stereocenters. The van der Waals surface area contributed by atoms with E-state index in [0.717, 1.165) is 23.3 Å². The highest BCUT2D eigenvalue weighted by molar-refractivity contribution is 7.11. The lowest BCUT2D eigenvalue weighted by Crippen LogP contribution is -2.46. The monoisotopic (exact) mass is 318 g/mol. The van der Waals surface area contributed by atoms with Gasteiger partial charge in [-0.05, 0) is 55.7 Å². The maximum Gasteiger partial charge on any atom is 0.331 e. The highest BCUT2D eigenvalue weighted by atomic mass is 32.1. The molecule has 0 aromatic carbocycles. The molecule has 1 aliphatic rings. The van der Waals surface area contributed by atoms with E-state index in [1.165, 1.54) is 17.4 Å². The predicted molar refractivity (Wildman–Crippen MR) is 84.0 cm³/mol. The number of esters is 1. The number of rotatable bonds is 5. The lowest BCUT2D eigenvalue weighted by molar-refractivity contribution is -0.144. The Hall–Kier alpha value is -2.13. The van der Waals surface area contributed by atoms with Crippen LogP contribution in [-0.2, 0) is 14.3 Å². The van der Waals surface area contributed by atoms with Crippen LogP contribution in [0.25, 0.3) is 6.08 Å². The Balaban J connectivity index is 1.79. The van der Waals surface area contributed by atoms with E-state index in [0.29, 0.717) is 12.8 Å². The van der Waals surface area contributed by atoms with Gasteiger partial charge in [0.2, 0.25) is 0 Å². The van der Waals surface area contributed by atoms with Crippen molar-refractivity contribution >= 4 is 29.3 Å². The molecule has 6 heteroatoms. The third-order valence-corrected chi connectivity index (χ3v) is 4.65. The molecule has 1 aliphatic carbocycles. The third kappa shape index (κ3) is 4.18. The summed E-state index contributed by atoms with van der Waals surface area (Å²) in [6.45, 7) is 1.59. The van der Waals surface area contributed by atoms with E-state index in [1.807, 2.05) is 18.4 Å². The Morgan fingerprint density at radius 3 is 2.82 bits per heavy atom. The minimum absolute atomic E-state index is 0.365. The molecule has 1 aromatic rings. The zero-order valence-electron chi connectivity index (χ0n) is 12.4. The number of hydrogen-bond donors (Lipinski definition) is 1. The van der Waals surface area contributed by atoms with Crippen molar-refractivity contribution in [2.45, 2.75) is 38.1 Å². The van der Waals surface area contributed by atoms with E-state index < -0.39 is 17.4 Å². The van der Waals surface area contributed by atoms with Gasteiger partial charge in [0.25, 0.3) is 5.91 Å². The second kappa shape index (κ2) is 7.23. The van der Waals surface area contributed by atoms with Crippen LogP contribution in [0.4, 0.5) is 0 Å². The number of amides is 1. The highest BCUT2D eigenvalue weighted by Gasteiger charge is 2.35. The van der Waals surface area contributed by atoms with E-state index in [4.69, 9.17) is 4.74 Å². The number of aryl methyl sites for hydroxylation is 1. The smallest absolute Gasteiger partial charge is 0.331 e. The minimum atomic E-state index is -0.784. The summed E-state index contributed by atoms with van der Waals surface area (Å²) in [5.74, 6) is -1.00. The Morgan fingerprint density at radius 1 is 1.50 bits per heavy atom. The van der Waals surface area contributed by atoms with Crippen LogP contribution >= 0.6 is 11.3 Å². The standard InChI is InChI=1S/C16H18N2O3S/c1-12-6-9-22-13(12)4-5-15(20)21-10-14(19)18-16(11-17)7-2-3-8-16/h4-6,9H,2-3,7-8,10H2,1H3,(H,18,19)/b5-4+. The van der Waals surface area contributed by atoms with Crippen molar-refractivity contribution in [3.63, 3.8) is 0 Å². The minimum Gasteiger partial charge on any atom is -0.452 e. The molecule has 1 N–H and O–H groups in total. The Bertz CT molecular complexity index is 622. The van der Waals surface area contributed by atoms with Crippen molar-refractivity contribution in [3.05, 3.63) is 28.0 Å². The van der Waals surface area contributed by atoms with Gasteiger partial charge >= 0.3 is 5.97 Å². The molecule has 116 valence electrons. The molecule has 5 nitrogen and oxygen atoms in total. The molecule has 0 bridgehead atoms. The number of carbonyl (C=O) groups is 2. The second-order valence-corrected chi connectivity index (χ2v) is 6.31. The Morgan fingerprint density at radius 2 is 2.23 bits per heavy atom. The molecular weight excluding hydrogens is 300 g/mol. The summed E-state index contributed by atoms with van der Waals surface area (Å²) in [6, 6.07) is 4.13. The molecule has 1 saturated carbocycles. The van der Waals surface area contributed by atoms with Crippen LogP contribution in [0.2, 0.25) is 0 Å². The van der Waals surface area contributed by atoms with Crippen molar-refractivity contribution in [3.8, 4) is 6.07 Å². The predicted octanol–water partition coefficient (Wildman–Crippen LogP) is 2.57. The van der Waals surface area contributed by atoms with Crippen LogP contribution in [0.15, 0.2) is 17.5 Å². The molecule has 0 radical (unpaired) electrons. The number of hydrogen-bond acceptors (Lipinski definition) is 5. The molecule has 0 saturated heterocycles. The van der Waals surface area contributed by atoms with Gasteiger partial charge < -0.3 is 10.1 Å². The number of carbonyl (C=O) groups excluding carboxylic acids is 2. The van der Waals surface area contributed by atoms with Gasteiger partial charge in [-0.15, -0.1) is 11.3 Å². The van der Waals surface area contributed by atoms with Crippen molar-refractivity contribution < 1.29 is 14.3 Å². The molecule has 22 heavy (non-hydrogen) atoms. The lowest BCUT2D eigenvalue weighted by atomic mass is 10.00. The molecule has 1 aromatic heterocycles. The van der Waals surface area contributed by atoms with E-state index in [-0.39, 0.29) is 6.61 Å². The van der Waals surface area contributed by atoms with Gasteiger partial charge in [-0.1, -0.05) is 0 Å². The van der Waals surface area contributed by atoms with Gasteiger partial charge in [0.1, 0.15) is 5.54 Å².